The first kappa shape index (κ1) is 13.9. The molecular weight excluding hydrogens is 254 g/mol. The number of nitriles is 1. The summed E-state index contributed by atoms with van der Waals surface area (Å²) in [6.45, 7) is 3.30. The highest BCUT2D eigenvalue weighted by molar-refractivity contribution is 6.06. The van der Waals surface area contributed by atoms with Gasteiger partial charge in [0.05, 0.1) is 0 Å². The summed E-state index contributed by atoms with van der Waals surface area (Å²) in [5.74, 6) is -0.407. The summed E-state index contributed by atoms with van der Waals surface area (Å²) in [5, 5.41) is 15.0. The predicted octanol–water partition coefficient (Wildman–Crippen LogP) is 0.520. The van der Waals surface area contributed by atoms with Crippen molar-refractivity contribution in [2.24, 2.45) is 0 Å². The summed E-state index contributed by atoms with van der Waals surface area (Å²) >= 11 is 0. The Labute approximate surface area is 117 Å². The van der Waals surface area contributed by atoms with E-state index < -0.39 is 5.91 Å². The molecule has 0 radical (unpaired) electrons. The van der Waals surface area contributed by atoms with E-state index in [2.05, 4.69) is 10.6 Å². The summed E-state index contributed by atoms with van der Waals surface area (Å²) < 4.78 is 0. The zero-order chi connectivity index (χ0) is 14.4. The standard InChI is InChI=1S/C14H17N5O/c15-9-11(10-19-7-5-17-6-8-19)14(20)18-13-3-1-12(16)2-4-13/h1-4,10,17H,5-8,16H2,(H,18,20)/b11-10-. The molecular formula is C14H17N5O. The first-order valence-corrected chi connectivity index (χ1v) is 6.42. The van der Waals surface area contributed by atoms with Crippen molar-refractivity contribution in [1.82, 2.24) is 10.2 Å². The number of carbonyl (C=O) groups excluding carboxylic acids is 1. The summed E-state index contributed by atoms with van der Waals surface area (Å²) in [7, 11) is 0. The van der Waals surface area contributed by atoms with Gasteiger partial charge in [-0.05, 0) is 24.3 Å². The van der Waals surface area contributed by atoms with Gasteiger partial charge in [0.2, 0.25) is 0 Å². The maximum Gasteiger partial charge on any atom is 0.267 e. The molecule has 0 atom stereocenters. The minimum atomic E-state index is -0.407. The van der Waals surface area contributed by atoms with Gasteiger partial charge < -0.3 is 21.3 Å². The molecule has 0 aromatic heterocycles. The monoisotopic (exact) mass is 271 g/mol. The van der Waals surface area contributed by atoms with Gasteiger partial charge in [-0.25, -0.2) is 0 Å². The minimum absolute atomic E-state index is 0.101. The van der Waals surface area contributed by atoms with Gasteiger partial charge in [-0.2, -0.15) is 5.26 Å². The van der Waals surface area contributed by atoms with Crippen LogP contribution >= 0.6 is 0 Å². The molecule has 1 aromatic carbocycles. The molecule has 1 aliphatic heterocycles. The number of benzene rings is 1. The first-order valence-electron chi connectivity index (χ1n) is 6.42. The summed E-state index contributed by atoms with van der Waals surface area (Å²) in [5.41, 5.74) is 6.92. The van der Waals surface area contributed by atoms with E-state index in [-0.39, 0.29) is 5.57 Å². The van der Waals surface area contributed by atoms with Crippen molar-refractivity contribution in [3.63, 3.8) is 0 Å². The molecule has 0 aliphatic carbocycles. The molecule has 1 aromatic rings. The van der Waals surface area contributed by atoms with Crippen LogP contribution in [-0.4, -0.2) is 37.0 Å². The van der Waals surface area contributed by atoms with Crippen molar-refractivity contribution in [3.05, 3.63) is 36.0 Å². The van der Waals surface area contributed by atoms with Crippen LogP contribution in [0, 0.1) is 11.3 Å². The number of anilines is 2. The fourth-order valence-corrected chi connectivity index (χ4v) is 1.90. The highest BCUT2D eigenvalue weighted by Gasteiger charge is 2.13. The third-order valence-electron chi connectivity index (χ3n) is 3.00. The number of piperazine rings is 1. The maximum atomic E-state index is 12.0. The van der Waals surface area contributed by atoms with Crippen LogP contribution in [0.5, 0.6) is 0 Å². The summed E-state index contributed by atoms with van der Waals surface area (Å²) in [4.78, 5) is 14.0. The third kappa shape index (κ3) is 3.73. The van der Waals surface area contributed by atoms with E-state index in [1.807, 2.05) is 11.0 Å². The van der Waals surface area contributed by atoms with Crippen LogP contribution in [0.1, 0.15) is 0 Å². The van der Waals surface area contributed by atoms with Crippen molar-refractivity contribution in [3.8, 4) is 6.07 Å². The van der Waals surface area contributed by atoms with Gasteiger partial charge >= 0.3 is 0 Å². The molecule has 0 saturated carbocycles. The Kier molecular flexibility index (Phi) is 4.58. The van der Waals surface area contributed by atoms with Gasteiger partial charge in [-0.1, -0.05) is 0 Å². The maximum absolute atomic E-state index is 12.0. The van der Waals surface area contributed by atoms with Gasteiger partial charge in [-0.15, -0.1) is 0 Å². The molecule has 1 fully saturated rings. The Balaban J connectivity index is 2.03. The predicted molar refractivity (Wildman–Crippen MR) is 77.6 cm³/mol. The lowest BCUT2D eigenvalue weighted by Gasteiger charge is -2.26. The topological polar surface area (TPSA) is 94.2 Å². The van der Waals surface area contributed by atoms with E-state index >= 15 is 0 Å². The molecule has 6 heteroatoms. The Morgan fingerprint density at radius 1 is 1.35 bits per heavy atom. The van der Waals surface area contributed by atoms with E-state index in [0.717, 1.165) is 26.2 Å². The van der Waals surface area contributed by atoms with Gasteiger partial charge in [0, 0.05) is 43.8 Å². The second-order valence-corrected chi connectivity index (χ2v) is 4.52. The molecule has 104 valence electrons. The molecule has 0 bridgehead atoms. The molecule has 2 rings (SSSR count). The largest absolute Gasteiger partial charge is 0.399 e. The van der Waals surface area contributed by atoms with Gasteiger partial charge in [0.25, 0.3) is 5.91 Å². The normalized spacial score (nSPS) is 15.6. The van der Waals surface area contributed by atoms with Crippen molar-refractivity contribution in [2.45, 2.75) is 0 Å². The smallest absolute Gasteiger partial charge is 0.267 e. The average molecular weight is 271 g/mol. The van der Waals surface area contributed by atoms with E-state index in [9.17, 15) is 4.79 Å². The first-order chi connectivity index (χ1) is 9.69. The molecule has 1 heterocycles. The second kappa shape index (κ2) is 6.59. The Hall–Kier alpha value is -2.52. The molecule has 6 nitrogen and oxygen atoms in total. The average Bonchev–Trinajstić information content (AvgIpc) is 2.48. The lowest BCUT2D eigenvalue weighted by atomic mass is 10.2. The summed E-state index contributed by atoms with van der Waals surface area (Å²) in [6, 6.07) is 8.74. The van der Waals surface area contributed by atoms with E-state index in [4.69, 9.17) is 11.0 Å². The van der Waals surface area contributed by atoms with Crippen molar-refractivity contribution in [1.29, 1.82) is 5.26 Å². The molecule has 1 saturated heterocycles. The van der Waals surface area contributed by atoms with Crippen LogP contribution in [-0.2, 0) is 4.79 Å². The number of nitrogen functional groups attached to an aromatic ring is 1. The van der Waals surface area contributed by atoms with Gasteiger partial charge in [-0.3, -0.25) is 4.79 Å². The highest BCUT2D eigenvalue weighted by atomic mass is 16.1. The fraction of sp³-hybridized carbons (Fsp3) is 0.286. The lowest BCUT2D eigenvalue weighted by Crippen LogP contribution is -2.41. The van der Waals surface area contributed by atoms with Crippen LogP contribution in [0.3, 0.4) is 0 Å². The van der Waals surface area contributed by atoms with Crippen LogP contribution < -0.4 is 16.4 Å². The zero-order valence-corrected chi connectivity index (χ0v) is 11.1. The molecule has 20 heavy (non-hydrogen) atoms. The fourth-order valence-electron chi connectivity index (χ4n) is 1.90. The number of amides is 1. The number of nitrogens with two attached hydrogens (primary N) is 1. The Bertz CT molecular complexity index is 538. The van der Waals surface area contributed by atoms with Gasteiger partial charge in [0.15, 0.2) is 0 Å². The minimum Gasteiger partial charge on any atom is -0.399 e. The van der Waals surface area contributed by atoms with E-state index in [0.29, 0.717) is 11.4 Å². The Morgan fingerprint density at radius 2 is 2.00 bits per heavy atom. The van der Waals surface area contributed by atoms with Gasteiger partial charge in [0.1, 0.15) is 11.6 Å². The van der Waals surface area contributed by atoms with E-state index in [1.165, 1.54) is 0 Å². The summed E-state index contributed by atoms with van der Waals surface area (Å²) in [6.07, 6.45) is 1.62. The van der Waals surface area contributed by atoms with Crippen molar-refractivity contribution < 1.29 is 4.79 Å². The quantitative estimate of drug-likeness (QED) is 0.423. The zero-order valence-electron chi connectivity index (χ0n) is 11.1. The number of nitrogens with zero attached hydrogens (tertiary/aromatic N) is 2. The number of hydrogen-bond acceptors (Lipinski definition) is 5. The number of carbonyl (C=O) groups is 1. The second-order valence-electron chi connectivity index (χ2n) is 4.52. The van der Waals surface area contributed by atoms with Crippen molar-refractivity contribution >= 4 is 17.3 Å². The lowest BCUT2D eigenvalue weighted by molar-refractivity contribution is -0.112. The van der Waals surface area contributed by atoms with E-state index in [1.54, 1.807) is 30.5 Å². The molecule has 4 N–H and O–H groups in total. The van der Waals surface area contributed by atoms with Crippen molar-refractivity contribution in [2.75, 3.05) is 37.2 Å². The third-order valence-corrected chi connectivity index (χ3v) is 3.00. The Morgan fingerprint density at radius 3 is 2.60 bits per heavy atom. The molecule has 1 aliphatic rings. The molecule has 1 amide bonds. The highest BCUT2D eigenvalue weighted by Crippen LogP contribution is 2.12. The number of rotatable bonds is 3. The van der Waals surface area contributed by atoms with Crippen LogP contribution in [0.25, 0.3) is 0 Å². The van der Waals surface area contributed by atoms with Crippen LogP contribution in [0.15, 0.2) is 36.0 Å². The SMILES string of the molecule is N#C/C(=C/N1CCNCC1)C(=O)Nc1ccc(N)cc1. The molecule has 0 spiro atoms. The van der Waals surface area contributed by atoms with Crippen LogP contribution in [0.2, 0.25) is 0 Å². The number of hydrogen-bond donors (Lipinski definition) is 3. The van der Waals surface area contributed by atoms with Crippen LogP contribution in [0.4, 0.5) is 11.4 Å². The number of nitrogens with one attached hydrogen (secondary N) is 2. The molecule has 0 unspecified atom stereocenters.